The summed E-state index contributed by atoms with van der Waals surface area (Å²) in [7, 11) is 0. The molecule has 0 aliphatic carbocycles. The molecule has 0 radical (unpaired) electrons. The summed E-state index contributed by atoms with van der Waals surface area (Å²) < 4.78 is 13.5. The van der Waals surface area contributed by atoms with Crippen LogP contribution in [-0.2, 0) is 4.74 Å². The van der Waals surface area contributed by atoms with Gasteiger partial charge in [0.1, 0.15) is 0 Å². The second-order valence-corrected chi connectivity index (χ2v) is 9.18. The number of morpholine rings is 1. The highest BCUT2D eigenvalue weighted by Gasteiger charge is 2.24. The topological polar surface area (TPSA) is 58.8 Å². The van der Waals surface area contributed by atoms with Gasteiger partial charge in [-0.1, -0.05) is 27.3 Å². The quantitative estimate of drug-likeness (QED) is 0.411. The molecule has 29 heavy (non-hydrogen) atoms. The van der Waals surface area contributed by atoms with E-state index in [1.54, 1.807) is 17.0 Å². The van der Waals surface area contributed by atoms with Crippen LogP contribution in [0.25, 0.3) is 10.2 Å². The Morgan fingerprint density at radius 2 is 2.00 bits per heavy atom. The second-order valence-electron chi connectivity index (χ2n) is 6.48. The Labute approximate surface area is 195 Å². The second kappa shape index (κ2) is 10.4. The molecule has 0 atom stereocenters. The zero-order valence-electron chi connectivity index (χ0n) is 15.5. The summed E-state index contributed by atoms with van der Waals surface area (Å²) in [6.07, 6.45) is 0.854. The maximum atomic E-state index is 13.1. The number of halogens is 3. The molecule has 10 heteroatoms. The van der Waals surface area contributed by atoms with Crippen LogP contribution in [0.5, 0.6) is 0 Å². The van der Waals surface area contributed by atoms with Gasteiger partial charge in [-0.05, 0) is 52.7 Å². The standard InChI is InChI=1S/C19H19Br2N3O3S.ClH/c20-13-2-3-14-16(12-13)28-19(22-14)24(18(25)15-4-5-17(21)27-15)7-1-6-23-8-10-26-11-9-23;/h2-5,12H,1,6-11H2;1H. The third-order valence-electron chi connectivity index (χ3n) is 4.56. The van der Waals surface area contributed by atoms with Crippen LogP contribution in [0.4, 0.5) is 5.13 Å². The molecule has 3 aromatic rings. The third-order valence-corrected chi connectivity index (χ3v) is 6.52. The summed E-state index contributed by atoms with van der Waals surface area (Å²) in [5, 5.41) is 0.688. The molecule has 0 unspecified atom stereocenters. The van der Waals surface area contributed by atoms with E-state index < -0.39 is 0 Å². The fourth-order valence-corrected chi connectivity index (χ4v) is 4.97. The summed E-state index contributed by atoms with van der Waals surface area (Å²) in [6, 6.07) is 9.36. The number of anilines is 1. The number of hydrogen-bond donors (Lipinski definition) is 0. The Hall–Kier alpha value is -0.970. The lowest BCUT2D eigenvalue weighted by molar-refractivity contribution is 0.0376. The Bertz CT molecular complexity index is 975. The lowest BCUT2D eigenvalue weighted by Gasteiger charge is -2.27. The van der Waals surface area contributed by atoms with E-state index in [9.17, 15) is 4.79 Å². The van der Waals surface area contributed by atoms with E-state index in [1.807, 2.05) is 18.2 Å². The van der Waals surface area contributed by atoms with Crippen molar-refractivity contribution in [2.45, 2.75) is 6.42 Å². The van der Waals surface area contributed by atoms with Crippen LogP contribution in [0.3, 0.4) is 0 Å². The van der Waals surface area contributed by atoms with Crippen LogP contribution >= 0.6 is 55.6 Å². The lowest BCUT2D eigenvalue weighted by atomic mass is 10.3. The summed E-state index contributed by atoms with van der Waals surface area (Å²) in [5.74, 6) is 0.129. The minimum atomic E-state index is -0.175. The number of thiazole rings is 1. The highest BCUT2D eigenvalue weighted by atomic mass is 79.9. The smallest absolute Gasteiger partial charge is 0.295 e. The first-order valence-corrected chi connectivity index (χ1v) is 11.4. The van der Waals surface area contributed by atoms with Crippen molar-refractivity contribution in [2.24, 2.45) is 0 Å². The number of nitrogens with zero attached hydrogens (tertiary/aromatic N) is 3. The van der Waals surface area contributed by atoms with Gasteiger partial charge in [0.2, 0.25) is 0 Å². The van der Waals surface area contributed by atoms with Crippen molar-refractivity contribution in [1.29, 1.82) is 0 Å². The number of ether oxygens (including phenoxy) is 1. The van der Waals surface area contributed by atoms with Crippen LogP contribution in [-0.4, -0.2) is 55.2 Å². The first-order chi connectivity index (χ1) is 13.6. The minimum absolute atomic E-state index is 0. The van der Waals surface area contributed by atoms with Crippen molar-refractivity contribution >= 4 is 76.9 Å². The van der Waals surface area contributed by atoms with Crippen molar-refractivity contribution in [3.63, 3.8) is 0 Å². The van der Waals surface area contributed by atoms with Crippen molar-refractivity contribution in [2.75, 3.05) is 44.3 Å². The number of furan rings is 1. The molecule has 1 aromatic carbocycles. The molecule has 3 heterocycles. The van der Waals surface area contributed by atoms with Gasteiger partial charge in [0, 0.05) is 30.7 Å². The highest BCUT2D eigenvalue weighted by Crippen LogP contribution is 2.32. The molecule has 1 saturated heterocycles. The average Bonchev–Trinajstić information content (AvgIpc) is 3.31. The zero-order valence-corrected chi connectivity index (χ0v) is 20.3. The fourth-order valence-electron chi connectivity index (χ4n) is 3.13. The predicted molar refractivity (Wildman–Crippen MR) is 125 cm³/mol. The largest absolute Gasteiger partial charge is 0.444 e. The van der Waals surface area contributed by atoms with E-state index in [2.05, 4.69) is 41.7 Å². The van der Waals surface area contributed by atoms with Crippen LogP contribution < -0.4 is 4.90 Å². The van der Waals surface area contributed by atoms with Crippen LogP contribution in [0, 0.1) is 0 Å². The lowest BCUT2D eigenvalue weighted by Crippen LogP contribution is -2.39. The fraction of sp³-hybridized carbons (Fsp3) is 0.368. The molecule has 6 nitrogen and oxygen atoms in total. The summed E-state index contributed by atoms with van der Waals surface area (Å²) in [6.45, 7) is 4.93. The van der Waals surface area contributed by atoms with Crippen molar-refractivity contribution in [3.8, 4) is 0 Å². The molecule has 0 saturated carbocycles. The Kier molecular flexibility index (Phi) is 8.12. The molecule has 1 fully saturated rings. The van der Waals surface area contributed by atoms with E-state index >= 15 is 0 Å². The van der Waals surface area contributed by atoms with Crippen LogP contribution in [0.2, 0.25) is 0 Å². The molecule has 1 aliphatic rings. The molecular formula is C19H20Br2ClN3O3S. The molecule has 0 bridgehead atoms. The first kappa shape index (κ1) is 22.7. The monoisotopic (exact) mass is 563 g/mol. The summed E-state index contributed by atoms with van der Waals surface area (Å²) >= 11 is 8.28. The Morgan fingerprint density at radius 1 is 1.21 bits per heavy atom. The maximum Gasteiger partial charge on any atom is 0.295 e. The maximum absolute atomic E-state index is 13.1. The first-order valence-electron chi connectivity index (χ1n) is 9.03. The van der Waals surface area contributed by atoms with E-state index in [0.29, 0.717) is 22.1 Å². The van der Waals surface area contributed by atoms with Gasteiger partial charge in [-0.3, -0.25) is 14.6 Å². The minimum Gasteiger partial charge on any atom is -0.444 e. The molecule has 1 amide bonds. The number of carbonyl (C=O) groups is 1. The number of carbonyl (C=O) groups excluding carboxylic acids is 1. The number of aromatic nitrogens is 1. The van der Waals surface area contributed by atoms with Crippen LogP contribution in [0.1, 0.15) is 17.0 Å². The average molecular weight is 566 g/mol. The number of hydrogen-bond acceptors (Lipinski definition) is 6. The Morgan fingerprint density at radius 3 is 2.72 bits per heavy atom. The van der Waals surface area contributed by atoms with Gasteiger partial charge >= 0.3 is 0 Å². The molecule has 2 aromatic heterocycles. The number of benzene rings is 1. The summed E-state index contributed by atoms with van der Waals surface area (Å²) in [5.41, 5.74) is 0.884. The Balaban J connectivity index is 0.00000240. The number of amides is 1. The number of rotatable bonds is 6. The molecule has 1 aliphatic heterocycles. The molecular weight excluding hydrogens is 546 g/mol. The normalized spacial score (nSPS) is 14.7. The highest BCUT2D eigenvalue weighted by molar-refractivity contribution is 9.10. The van der Waals surface area contributed by atoms with Gasteiger partial charge in [-0.15, -0.1) is 12.4 Å². The van der Waals surface area contributed by atoms with Crippen LogP contribution in [0.15, 0.2) is 43.9 Å². The van der Waals surface area contributed by atoms with E-state index in [0.717, 1.165) is 54.0 Å². The predicted octanol–water partition coefficient (Wildman–Crippen LogP) is 5.21. The van der Waals surface area contributed by atoms with Crippen molar-refractivity contribution in [3.05, 3.63) is 45.2 Å². The van der Waals surface area contributed by atoms with E-state index in [-0.39, 0.29) is 18.3 Å². The van der Waals surface area contributed by atoms with Gasteiger partial charge in [-0.2, -0.15) is 0 Å². The van der Waals surface area contributed by atoms with Gasteiger partial charge < -0.3 is 9.15 Å². The van der Waals surface area contributed by atoms with E-state index in [4.69, 9.17) is 9.15 Å². The molecule has 4 rings (SSSR count). The summed E-state index contributed by atoms with van der Waals surface area (Å²) in [4.78, 5) is 21.9. The zero-order chi connectivity index (χ0) is 19.5. The van der Waals surface area contributed by atoms with Gasteiger partial charge in [-0.25, -0.2) is 4.98 Å². The molecule has 156 valence electrons. The number of fused-ring (bicyclic) bond motifs is 1. The molecule has 0 N–H and O–H groups in total. The third kappa shape index (κ3) is 5.59. The van der Waals surface area contributed by atoms with Gasteiger partial charge in [0.15, 0.2) is 15.6 Å². The SMILES string of the molecule is Cl.O=C(c1ccc(Br)o1)N(CCCN1CCOCC1)c1nc2ccc(Br)cc2s1. The van der Waals surface area contributed by atoms with Crippen molar-refractivity contribution in [1.82, 2.24) is 9.88 Å². The van der Waals surface area contributed by atoms with Crippen molar-refractivity contribution < 1.29 is 13.9 Å². The van der Waals surface area contributed by atoms with Gasteiger partial charge in [0.25, 0.3) is 5.91 Å². The van der Waals surface area contributed by atoms with Gasteiger partial charge in [0.05, 0.1) is 23.4 Å². The van der Waals surface area contributed by atoms with E-state index in [1.165, 1.54) is 11.3 Å². The molecule has 0 spiro atoms.